The topological polar surface area (TPSA) is 64.2 Å². The van der Waals surface area contributed by atoms with Crippen LogP contribution < -0.4 is 0 Å². The summed E-state index contributed by atoms with van der Waals surface area (Å²) in [6.45, 7) is 3.91. The number of amides is 2. The van der Waals surface area contributed by atoms with Gasteiger partial charge >= 0.3 is 6.18 Å². The van der Waals surface area contributed by atoms with Crippen LogP contribution in [0.25, 0.3) is 0 Å². The lowest BCUT2D eigenvalue weighted by Crippen LogP contribution is -2.75. The summed E-state index contributed by atoms with van der Waals surface area (Å²) >= 11 is 12.4. The summed E-state index contributed by atoms with van der Waals surface area (Å²) in [5, 5.41) is 0.591. The van der Waals surface area contributed by atoms with Gasteiger partial charge in [0.15, 0.2) is 0 Å². The summed E-state index contributed by atoms with van der Waals surface area (Å²) in [4.78, 5) is 32.6. The molecule has 2 fully saturated rings. The van der Waals surface area contributed by atoms with E-state index in [9.17, 15) is 27.0 Å². The first kappa shape index (κ1) is 29.8. The quantitative estimate of drug-likeness (QED) is 0.493. The van der Waals surface area contributed by atoms with Crippen LogP contribution in [0.15, 0.2) is 47.4 Å². The SMILES string of the molecule is CC(C)N1CC2N(C(=O)C(N(C)C)CN2S(=O)c2ccc(Cl)cc2Cl)C(Cc2ccc(C(F)(F)F)cc2)C1=O. The van der Waals surface area contributed by atoms with Crippen LogP contribution in [0.3, 0.4) is 0 Å². The van der Waals surface area contributed by atoms with Gasteiger partial charge in [0.2, 0.25) is 11.8 Å². The number of fused-ring (bicyclic) bond motifs is 1. The normalized spacial score (nSPS) is 23.5. The molecule has 0 aliphatic carbocycles. The van der Waals surface area contributed by atoms with Crippen LogP contribution in [0.2, 0.25) is 10.0 Å². The van der Waals surface area contributed by atoms with Gasteiger partial charge in [-0.15, -0.1) is 0 Å². The van der Waals surface area contributed by atoms with E-state index in [0.717, 1.165) is 12.1 Å². The molecular formula is C26H29Cl2F3N4O3S. The highest BCUT2D eigenvalue weighted by Crippen LogP contribution is 2.35. The number of piperazine rings is 1. The van der Waals surface area contributed by atoms with Crippen LogP contribution in [0.1, 0.15) is 25.0 Å². The predicted molar refractivity (Wildman–Crippen MR) is 143 cm³/mol. The molecule has 2 saturated heterocycles. The molecule has 2 aliphatic heterocycles. The molecule has 39 heavy (non-hydrogen) atoms. The van der Waals surface area contributed by atoms with E-state index in [2.05, 4.69) is 0 Å². The highest BCUT2D eigenvalue weighted by Gasteiger charge is 2.53. The third kappa shape index (κ3) is 5.97. The van der Waals surface area contributed by atoms with Crippen LogP contribution >= 0.6 is 23.2 Å². The monoisotopic (exact) mass is 604 g/mol. The molecule has 4 atom stereocenters. The highest BCUT2D eigenvalue weighted by molar-refractivity contribution is 7.82. The molecule has 2 aromatic carbocycles. The second kappa shape index (κ2) is 11.4. The van der Waals surface area contributed by atoms with Gasteiger partial charge in [-0.1, -0.05) is 35.3 Å². The summed E-state index contributed by atoms with van der Waals surface area (Å²) in [5.41, 5.74) is -0.329. The van der Waals surface area contributed by atoms with Gasteiger partial charge in [-0.3, -0.25) is 14.5 Å². The van der Waals surface area contributed by atoms with Crippen molar-refractivity contribution in [3.05, 3.63) is 63.6 Å². The Morgan fingerprint density at radius 1 is 1.03 bits per heavy atom. The molecular weight excluding hydrogens is 576 g/mol. The van der Waals surface area contributed by atoms with Gasteiger partial charge in [-0.05, 0) is 63.8 Å². The molecule has 4 unspecified atom stereocenters. The molecule has 2 heterocycles. The first-order valence-corrected chi connectivity index (χ1v) is 14.2. The van der Waals surface area contributed by atoms with Gasteiger partial charge in [0.25, 0.3) is 0 Å². The average molecular weight is 606 g/mol. The van der Waals surface area contributed by atoms with Crippen LogP contribution in [0, 0.1) is 0 Å². The zero-order chi connectivity index (χ0) is 28.8. The first-order chi connectivity index (χ1) is 18.2. The second-order valence-electron chi connectivity index (χ2n) is 10.1. The van der Waals surface area contributed by atoms with Gasteiger partial charge in [0.05, 0.1) is 22.0 Å². The Bertz CT molecular complexity index is 1280. The Kier molecular flexibility index (Phi) is 8.68. The van der Waals surface area contributed by atoms with Crippen molar-refractivity contribution in [1.29, 1.82) is 0 Å². The zero-order valence-electron chi connectivity index (χ0n) is 21.8. The first-order valence-electron chi connectivity index (χ1n) is 12.3. The lowest BCUT2D eigenvalue weighted by molar-refractivity contribution is -0.171. The highest BCUT2D eigenvalue weighted by atomic mass is 35.5. The van der Waals surface area contributed by atoms with E-state index in [1.165, 1.54) is 23.1 Å². The summed E-state index contributed by atoms with van der Waals surface area (Å²) in [7, 11) is 1.62. The van der Waals surface area contributed by atoms with Crippen LogP contribution in [0.5, 0.6) is 0 Å². The zero-order valence-corrected chi connectivity index (χ0v) is 24.1. The van der Waals surface area contributed by atoms with Crippen LogP contribution in [-0.2, 0) is 33.2 Å². The number of benzene rings is 2. The van der Waals surface area contributed by atoms with E-state index in [-0.39, 0.29) is 42.4 Å². The van der Waals surface area contributed by atoms with Gasteiger partial charge < -0.3 is 9.80 Å². The Balaban J connectivity index is 1.77. The van der Waals surface area contributed by atoms with E-state index in [1.54, 1.807) is 40.3 Å². The minimum Gasteiger partial charge on any atom is -0.335 e. The largest absolute Gasteiger partial charge is 0.416 e. The molecule has 4 rings (SSSR count). The Hall–Kier alpha value is -2.18. The fraction of sp³-hybridized carbons (Fsp3) is 0.462. The fourth-order valence-electron chi connectivity index (χ4n) is 4.95. The number of alkyl halides is 3. The van der Waals surface area contributed by atoms with Crippen molar-refractivity contribution < 1.29 is 27.0 Å². The Morgan fingerprint density at radius 2 is 1.67 bits per heavy atom. The minimum absolute atomic E-state index is 0.00472. The van der Waals surface area contributed by atoms with Crippen molar-refractivity contribution in [2.24, 2.45) is 0 Å². The number of rotatable bonds is 6. The summed E-state index contributed by atoms with van der Waals surface area (Å²) in [6, 6.07) is 7.26. The molecule has 212 valence electrons. The number of nitrogens with zero attached hydrogens (tertiary/aromatic N) is 4. The Morgan fingerprint density at radius 3 is 2.21 bits per heavy atom. The van der Waals surface area contributed by atoms with Crippen molar-refractivity contribution in [3.63, 3.8) is 0 Å². The van der Waals surface area contributed by atoms with E-state index in [1.807, 2.05) is 13.8 Å². The molecule has 0 aromatic heterocycles. The van der Waals surface area contributed by atoms with E-state index in [4.69, 9.17) is 23.2 Å². The molecule has 13 heteroatoms. The maximum Gasteiger partial charge on any atom is 0.416 e. The Labute approximate surface area is 238 Å². The fourth-order valence-corrected chi connectivity index (χ4v) is 6.89. The van der Waals surface area contributed by atoms with E-state index in [0.29, 0.717) is 15.5 Å². The lowest BCUT2D eigenvalue weighted by Gasteiger charge is -2.54. The summed E-state index contributed by atoms with van der Waals surface area (Å²) in [5.74, 6) is -0.627. The van der Waals surface area contributed by atoms with Gasteiger partial charge in [0, 0.05) is 24.0 Å². The van der Waals surface area contributed by atoms with Gasteiger partial charge in [-0.25, -0.2) is 4.21 Å². The van der Waals surface area contributed by atoms with Crippen molar-refractivity contribution in [3.8, 4) is 0 Å². The van der Waals surface area contributed by atoms with Gasteiger partial charge in [-0.2, -0.15) is 17.5 Å². The predicted octanol–water partition coefficient (Wildman–Crippen LogP) is 4.30. The summed E-state index contributed by atoms with van der Waals surface area (Å²) in [6.07, 6.45) is -5.24. The molecule has 0 bridgehead atoms. The van der Waals surface area contributed by atoms with E-state index < -0.39 is 41.0 Å². The average Bonchev–Trinajstić information content (AvgIpc) is 2.84. The number of halogens is 5. The van der Waals surface area contributed by atoms with Crippen LogP contribution in [0.4, 0.5) is 13.2 Å². The van der Waals surface area contributed by atoms with Crippen molar-refractivity contribution in [1.82, 2.24) is 19.0 Å². The number of likely N-dealkylation sites (N-methyl/N-ethyl adjacent to an activating group) is 1. The van der Waals surface area contributed by atoms with Crippen molar-refractivity contribution in [2.45, 2.75) is 55.6 Å². The molecule has 2 amide bonds. The minimum atomic E-state index is -4.49. The number of hydrogen-bond acceptors (Lipinski definition) is 4. The molecule has 0 spiro atoms. The third-order valence-corrected chi connectivity index (χ3v) is 9.27. The summed E-state index contributed by atoms with van der Waals surface area (Å²) < 4.78 is 54.9. The standard InChI is InChI=1S/C26H29Cl2F3N4O3S/c1-15(2)33-14-23-34(39(38)22-10-9-18(27)12-19(22)28)13-21(32(3)4)25(37)35(23)20(24(33)36)11-16-5-7-17(8-6-16)26(29,30)31/h5-10,12,15,20-21,23H,11,13-14H2,1-4H3. The maximum absolute atomic E-state index is 14.0. The van der Waals surface area contributed by atoms with Crippen molar-refractivity contribution >= 4 is 46.0 Å². The molecule has 2 aromatic rings. The van der Waals surface area contributed by atoms with Gasteiger partial charge in [0.1, 0.15) is 29.2 Å². The molecule has 0 N–H and O–H groups in total. The number of hydrogen-bond donors (Lipinski definition) is 0. The number of carbonyl (C=O) groups excluding carboxylic acids is 2. The van der Waals surface area contributed by atoms with Crippen LogP contribution in [-0.4, -0.2) is 86.5 Å². The smallest absolute Gasteiger partial charge is 0.335 e. The molecule has 0 radical (unpaired) electrons. The second-order valence-corrected chi connectivity index (χ2v) is 12.4. The molecule has 7 nitrogen and oxygen atoms in total. The van der Waals surface area contributed by atoms with Crippen molar-refractivity contribution in [2.75, 3.05) is 27.2 Å². The molecule has 2 aliphatic rings. The number of carbonyl (C=O) groups is 2. The molecule has 0 saturated carbocycles. The third-order valence-electron chi connectivity index (χ3n) is 7.06. The maximum atomic E-state index is 14.0. The van der Waals surface area contributed by atoms with E-state index >= 15 is 0 Å². The lowest BCUT2D eigenvalue weighted by atomic mass is 9.95.